The van der Waals surface area contributed by atoms with Crippen molar-refractivity contribution in [3.05, 3.63) is 12.3 Å². The van der Waals surface area contributed by atoms with Crippen LogP contribution in [0, 0.1) is 0 Å². The first-order valence-corrected chi connectivity index (χ1v) is 5.80. The minimum absolute atomic E-state index is 0.134. The summed E-state index contributed by atoms with van der Waals surface area (Å²) in [6, 6.07) is 1.49. The summed E-state index contributed by atoms with van der Waals surface area (Å²) >= 11 is 0. The number of rotatable bonds is 6. The first-order chi connectivity index (χ1) is 8.54. The van der Waals surface area contributed by atoms with Gasteiger partial charge in [-0.25, -0.2) is 9.48 Å². The summed E-state index contributed by atoms with van der Waals surface area (Å²) in [5.74, 6) is 0.615. The van der Waals surface area contributed by atoms with Crippen LogP contribution in [-0.4, -0.2) is 47.3 Å². The van der Waals surface area contributed by atoms with Gasteiger partial charge in [0.15, 0.2) is 0 Å². The van der Waals surface area contributed by atoms with Crippen LogP contribution in [0.4, 0.5) is 10.6 Å². The molecule has 0 bridgehead atoms. The Morgan fingerprint density at radius 2 is 2.33 bits per heavy atom. The second-order valence-corrected chi connectivity index (χ2v) is 4.20. The number of nitrogens with one attached hydrogen (secondary N) is 2. The fourth-order valence-corrected chi connectivity index (χ4v) is 1.45. The van der Waals surface area contributed by atoms with Crippen LogP contribution in [0.5, 0.6) is 0 Å². The zero-order valence-electron chi connectivity index (χ0n) is 10.9. The molecule has 7 nitrogen and oxygen atoms in total. The molecule has 1 atom stereocenters. The number of hydrogen-bond acceptors (Lipinski definition) is 4. The first kappa shape index (κ1) is 14.5. The lowest BCUT2D eigenvalue weighted by atomic mass is 10.4. The van der Waals surface area contributed by atoms with Crippen LogP contribution in [0.15, 0.2) is 12.3 Å². The number of carbonyl (C=O) groups excluding carboxylic acids is 1. The van der Waals surface area contributed by atoms with E-state index in [0.29, 0.717) is 5.82 Å². The van der Waals surface area contributed by atoms with E-state index in [1.807, 2.05) is 13.8 Å². The monoisotopic (exact) mass is 256 g/mol. The predicted octanol–water partition coefficient (Wildman–Crippen LogP) is 0.593. The number of nitrogens with zero attached hydrogens (tertiary/aromatic N) is 2. The standard InChI is InChI=1S/C11H20N4O3/c1-8(2)15-10(4-5-13-15)14-11(17)12-6-9(16)7-18-3/h4-5,8-9,16H,6-7H2,1-3H3,(H2,12,14,17). The molecule has 0 saturated heterocycles. The lowest BCUT2D eigenvalue weighted by molar-refractivity contribution is 0.0663. The normalized spacial score (nSPS) is 12.5. The SMILES string of the molecule is COCC(O)CNC(=O)Nc1ccnn1C(C)C. The predicted molar refractivity (Wildman–Crippen MR) is 67.5 cm³/mol. The van der Waals surface area contributed by atoms with Gasteiger partial charge in [0.2, 0.25) is 0 Å². The number of methoxy groups -OCH3 is 1. The van der Waals surface area contributed by atoms with Crippen molar-refractivity contribution in [2.75, 3.05) is 25.6 Å². The zero-order chi connectivity index (χ0) is 13.5. The van der Waals surface area contributed by atoms with E-state index in [0.717, 1.165) is 0 Å². The van der Waals surface area contributed by atoms with Gasteiger partial charge >= 0.3 is 6.03 Å². The lowest BCUT2D eigenvalue weighted by Gasteiger charge is -2.14. The molecule has 0 fully saturated rings. The van der Waals surface area contributed by atoms with E-state index in [9.17, 15) is 9.90 Å². The lowest BCUT2D eigenvalue weighted by Crippen LogP contribution is -2.37. The van der Waals surface area contributed by atoms with Crippen LogP contribution >= 0.6 is 0 Å². The van der Waals surface area contributed by atoms with E-state index in [4.69, 9.17) is 4.74 Å². The van der Waals surface area contributed by atoms with Crippen molar-refractivity contribution < 1.29 is 14.6 Å². The summed E-state index contributed by atoms with van der Waals surface area (Å²) in [6.45, 7) is 4.26. The van der Waals surface area contributed by atoms with Crippen LogP contribution in [0.25, 0.3) is 0 Å². The molecule has 1 rings (SSSR count). The Bertz CT molecular complexity index is 378. The zero-order valence-corrected chi connectivity index (χ0v) is 10.9. The van der Waals surface area contributed by atoms with E-state index >= 15 is 0 Å². The molecule has 1 aromatic rings. The molecule has 1 heterocycles. The molecule has 0 saturated carbocycles. The topological polar surface area (TPSA) is 88.4 Å². The van der Waals surface area contributed by atoms with Gasteiger partial charge in [0, 0.05) is 25.8 Å². The highest BCUT2D eigenvalue weighted by atomic mass is 16.5. The number of ether oxygens (including phenoxy) is 1. The second-order valence-electron chi connectivity index (χ2n) is 4.20. The molecule has 0 aromatic carbocycles. The summed E-state index contributed by atoms with van der Waals surface area (Å²) in [4.78, 5) is 11.6. The van der Waals surface area contributed by atoms with E-state index in [1.165, 1.54) is 7.11 Å². The molecule has 0 aliphatic rings. The van der Waals surface area contributed by atoms with Crippen LogP contribution in [0.3, 0.4) is 0 Å². The molecule has 0 aliphatic carbocycles. The number of carbonyl (C=O) groups is 1. The minimum Gasteiger partial charge on any atom is -0.389 e. The van der Waals surface area contributed by atoms with Gasteiger partial charge < -0.3 is 15.2 Å². The van der Waals surface area contributed by atoms with E-state index < -0.39 is 6.10 Å². The van der Waals surface area contributed by atoms with Crippen LogP contribution in [0.1, 0.15) is 19.9 Å². The van der Waals surface area contributed by atoms with Gasteiger partial charge in [-0.1, -0.05) is 0 Å². The van der Waals surface area contributed by atoms with Gasteiger partial charge in [0.25, 0.3) is 0 Å². The summed E-state index contributed by atoms with van der Waals surface area (Å²) in [6.07, 6.45) is 0.908. The Morgan fingerprint density at radius 1 is 1.61 bits per heavy atom. The average molecular weight is 256 g/mol. The summed E-state index contributed by atoms with van der Waals surface area (Å²) < 4.78 is 6.46. The third-order valence-electron chi connectivity index (χ3n) is 2.26. The molecule has 1 unspecified atom stereocenters. The average Bonchev–Trinajstić information content (AvgIpc) is 2.75. The number of aliphatic hydroxyl groups is 1. The Hall–Kier alpha value is -1.60. The van der Waals surface area contributed by atoms with Crippen LogP contribution in [-0.2, 0) is 4.74 Å². The van der Waals surface area contributed by atoms with Crippen molar-refractivity contribution in [3.8, 4) is 0 Å². The second kappa shape index (κ2) is 6.97. The highest BCUT2D eigenvalue weighted by Gasteiger charge is 2.10. The molecular formula is C11H20N4O3. The molecule has 102 valence electrons. The van der Waals surface area contributed by atoms with Crippen molar-refractivity contribution >= 4 is 11.8 Å². The maximum Gasteiger partial charge on any atom is 0.320 e. The van der Waals surface area contributed by atoms with E-state index in [2.05, 4.69) is 15.7 Å². The third kappa shape index (κ3) is 4.34. The number of hydrogen-bond donors (Lipinski definition) is 3. The molecular weight excluding hydrogens is 236 g/mol. The molecule has 18 heavy (non-hydrogen) atoms. The molecule has 1 aromatic heterocycles. The number of aliphatic hydroxyl groups excluding tert-OH is 1. The Kier molecular flexibility index (Phi) is 5.60. The largest absolute Gasteiger partial charge is 0.389 e. The summed E-state index contributed by atoms with van der Waals surface area (Å²) in [5, 5.41) is 18.7. The van der Waals surface area contributed by atoms with E-state index in [-0.39, 0.29) is 25.2 Å². The van der Waals surface area contributed by atoms with Crippen LogP contribution in [0.2, 0.25) is 0 Å². The fraction of sp³-hybridized carbons (Fsp3) is 0.636. The van der Waals surface area contributed by atoms with Gasteiger partial charge in [-0.2, -0.15) is 5.10 Å². The molecule has 0 spiro atoms. The first-order valence-electron chi connectivity index (χ1n) is 5.80. The quantitative estimate of drug-likeness (QED) is 0.695. The van der Waals surface area contributed by atoms with Crippen molar-refractivity contribution in [1.29, 1.82) is 0 Å². The maximum absolute atomic E-state index is 11.6. The van der Waals surface area contributed by atoms with Crippen molar-refractivity contribution in [3.63, 3.8) is 0 Å². The Balaban J connectivity index is 2.42. The third-order valence-corrected chi connectivity index (χ3v) is 2.26. The maximum atomic E-state index is 11.6. The van der Waals surface area contributed by atoms with Gasteiger partial charge in [-0.15, -0.1) is 0 Å². The summed E-state index contributed by atoms with van der Waals surface area (Å²) in [5.41, 5.74) is 0. The van der Waals surface area contributed by atoms with E-state index in [1.54, 1.807) is 16.9 Å². The Labute approximate surface area is 106 Å². The minimum atomic E-state index is -0.712. The molecule has 7 heteroatoms. The van der Waals surface area contributed by atoms with Gasteiger partial charge in [-0.05, 0) is 13.8 Å². The Morgan fingerprint density at radius 3 is 2.94 bits per heavy atom. The molecule has 3 N–H and O–H groups in total. The van der Waals surface area contributed by atoms with Gasteiger partial charge in [0.1, 0.15) is 5.82 Å². The smallest absolute Gasteiger partial charge is 0.320 e. The van der Waals surface area contributed by atoms with Gasteiger partial charge in [0.05, 0.1) is 18.9 Å². The number of aromatic nitrogens is 2. The molecule has 0 radical (unpaired) electrons. The van der Waals surface area contributed by atoms with Crippen molar-refractivity contribution in [2.24, 2.45) is 0 Å². The van der Waals surface area contributed by atoms with Gasteiger partial charge in [-0.3, -0.25) is 5.32 Å². The number of urea groups is 1. The summed E-state index contributed by atoms with van der Waals surface area (Å²) in [7, 11) is 1.49. The molecule has 2 amide bonds. The number of anilines is 1. The number of amides is 2. The van der Waals surface area contributed by atoms with Crippen molar-refractivity contribution in [2.45, 2.75) is 26.0 Å². The molecule has 0 aliphatic heterocycles. The fourth-order valence-electron chi connectivity index (χ4n) is 1.45. The highest BCUT2D eigenvalue weighted by molar-refractivity contribution is 5.88. The van der Waals surface area contributed by atoms with Crippen molar-refractivity contribution in [1.82, 2.24) is 15.1 Å². The highest BCUT2D eigenvalue weighted by Crippen LogP contribution is 2.12. The van der Waals surface area contributed by atoms with Crippen LogP contribution < -0.4 is 10.6 Å².